The van der Waals surface area contributed by atoms with Gasteiger partial charge in [-0.3, -0.25) is 0 Å². The van der Waals surface area contributed by atoms with E-state index in [1.165, 1.54) is 16.6 Å². The molecule has 2 fully saturated rings. The lowest BCUT2D eigenvalue weighted by Gasteiger charge is -2.35. The minimum absolute atomic E-state index is 0.0557. The van der Waals surface area contributed by atoms with Gasteiger partial charge in [-0.05, 0) is 31.7 Å². The molecule has 2 aliphatic heterocycles. The molecule has 0 aliphatic carbocycles. The highest BCUT2D eigenvalue weighted by molar-refractivity contribution is 7.89. The Morgan fingerprint density at radius 3 is 2.40 bits per heavy atom. The molecule has 2 unspecified atom stereocenters. The second-order valence-corrected chi connectivity index (χ2v) is 7.90. The van der Waals surface area contributed by atoms with Crippen LogP contribution in [0.2, 0.25) is 10.2 Å². The third-order valence-electron chi connectivity index (χ3n) is 3.99. The van der Waals surface area contributed by atoms with Gasteiger partial charge in [0.1, 0.15) is 10.0 Å². The molecule has 1 N–H and O–H groups in total. The van der Waals surface area contributed by atoms with Crippen molar-refractivity contribution in [2.45, 2.75) is 48.8 Å². The minimum atomic E-state index is -3.64. The van der Waals surface area contributed by atoms with Crippen LogP contribution in [0, 0.1) is 0 Å². The Kier molecular flexibility index (Phi) is 3.71. The number of nitrogens with zero attached hydrogens (tertiary/aromatic N) is 2. The van der Waals surface area contributed by atoms with Gasteiger partial charge in [0.15, 0.2) is 0 Å². The summed E-state index contributed by atoms with van der Waals surface area (Å²) < 4.78 is 27.0. The topological polar surface area (TPSA) is 70.5 Å². The van der Waals surface area contributed by atoms with Crippen LogP contribution in [0.3, 0.4) is 0 Å². The molecule has 2 saturated heterocycles. The first-order chi connectivity index (χ1) is 9.39. The van der Waals surface area contributed by atoms with Gasteiger partial charge in [-0.2, -0.15) is 4.31 Å². The second-order valence-electron chi connectivity index (χ2n) is 5.29. The minimum Gasteiger partial charge on any atom is -0.393 e. The van der Waals surface area contributed by atoms with Crippen LogP contribution in [0.15, 0.2) is 17.2 Å². The van der Waals surface area contributed by atoms with E-state index in [-0.39, 0.29) is 27.2 Å². The molecule has 2 aliphatic rings. The van der Waals surface area contributed by atoms with Crippen molar-refractivity contribution in [1.82, 2.24) is 9.29 Å². The van der Waals surface area contributed by atoms with E-state index in [1.807, 2.05) is 0 Å². The number of fused-ring (bicyclic) bond motifs is 2. The molecule has 2 bridgehead atoms. The monoisotopic (exact) mass is 336 g/mol. The average molecular weight is 337 g/mol. The summed E-state index contributed by atoms with van der Waals surface area (Å²) in [6.45, 7) is 0. The van der Waals surface area contributed by atoms with Gasteiger partial charge in [0, 0.05) is 18.3 Å². The number of sulfonamides is 1. The number of hydrogen-bond donors (Lipinski definition) is 1. The highest BCUT2D eigenvalue weighted by Crippen LogP contribution is 2.40. The largest absolute Gasteiger partial charge is 0.393 e. The number of halogens is 2. The van der Waals surface area contributed by atoms with E-state index in [0.29, 0.717) is 12.8 Å². The first-order valence-electron chi connectivity index (χ1n) is 6.42. The van der Waals surface area contributed by atoms with Crippen molar-refractivity contribution in [2.24, 2.45) is 0 Å². The van der Waals surface area contributed by atoms with Crippen LogP contribution in [0.5, 0.6) is 0 Å². The number of pyridine rings is 1. The van der Waals surface area contributed by atoms with Crippen LogP contribution in [-0.4, -0.2) is 41.0 Å². The lowest BCUT2D eigenvalue weighted by Crippen LogP contribution is -2.47. The molecule has 2 atom stereocenters. The molecule has 3 heterocycles. The molecule has 110 valence electrons. The molecule has 8 heteroatoms. The Hall–Kier alpha value is -0.400. The zero-order chi connectivity index (χ0) is 14.5. The maximum Gasteiger partial charge on any atom is 0.245 e. The van der Waals surface area contributed by atoms with Crippen molar-refractivity contribution in [3.8, 4) is 0 Å². The molecule has 0 radical (unpaired) electrons. The molecular formula is C12H14Cl2N2O3S. The Labute approximate surface area is 127 Å². The van der Waals surface area contributed by atoms with Gasteiger partial charge < -0.3 is 5.11 Å². The molecule has 20 heavy (non-hydrogen) atoms. The van der Waals surface area contributed by atoms with Crippen LogP contribution < -0.4 is 0 Å². The number of rotatable bonds is 2. The maximum absolute atomic E-state index is 12.7. The van der Waals surface area contributed by atoms with Gasteiger partial charge in [0.2, 0.25) is 10.0 Å². The van der Waals surface area contributed by atoms with Crippen LogP contribution in [0.1, 0.15) is 25.7 Å². The summed E-state index contributed by atoms with van der Waals surface area (Å²) in [7, 11) is -3.64. The fourth-order valence-corrected chi connectivity index (χ4v) is 5.36. The molecule has 3 rings (SSSR count). The van der Waals surface area contributed by atoms with Gasteiger partial charge >= 0.3 is 0 Å². The number of hydrogen-bond acceptors (Lipinski definition) is 4. The van der Waals surface area contributed by atoms with Crippen LogP contribution in [0.25, 0.3) is 0 Å². The van der Waals surface area contributed by atoms with Gasteiger partial charge in [0.25, 0.3) is 0 Å². The number of aromatic nitrogens is 1. The third-order valence-corrected chi connectivity index (χ3v) is 6.64. The molecule has 0 spiro atoms. The maximum atomic E-state index is 12.7. The third kappa shape index (κ3) is 2.33. The van der Waals surface area contributed by atoms with E-state index in [0.717, 1.165) is 12.8 Å². The number of piperidine rings is 1. The smallest absolute Gasteiger partial charge is 0.245 e. The van der Waals surface area contributed by atoms with Crippen molar-refractivity contribution < 1.29 is 13.5 Å². The molecule has 1 aromatic heterocycles. The zero-order valence-electron chi connectivity index (χ0n) is 10.5. The van der Waals surface area contributed by atoms with Gasteiger partial charge in [0.05, 0.1) is 11.1 Å². The summed E-state index contributed by atoms with van der Waals surface area (Å²) in [5, 5.41) is 9.96. The molecule has 0 amide bonds. The quantitative estimate of drug-likeness (QED) is 0.839. The molecule has 0 aromatic carbocycles. The fraction of sp³-hybridized carbons (Fsp3) is 0.583. The fourth-order valence-electron chi connectivity index (χ4n) is 3.16. The normalized spacial score (nSPS) is 30.6. The predicted octanol–water partition coefficient (Wildman–Crippen LogP) is 2.06. The van der Waals surface area contributed by atoms with E-state index in [1.54, 1.807) is 0 Å². The Morgan fingerprint density at radius 1 is 1.25 bits per heavy atom. The molecule has 5 nitrogen and oxygen atoms in total. The Bertz CT molecular complexity index is 624. The molecular weight excluding hydrogens is 323 g/mol. The van der Waals surface area contributed by atoms with Gasteiger partial charge in [-0.15, -0.1) is 0 Å². The summed E-state index contributed by atoms with van der Waals surface area (Å²) in [4.78, 5) is 3.86. The Balaban J connectivity index is 1.98. The van der Waals surface area contributed by atoms with Crippen molar-refractivity contribution in [3.63, 3.8) is 0 Å². The average Bonchev–Trinajstić information content (AvgIpc) is 2.66. The second kappa shape index (κ2) is 5.10. The van der Waals surface area contributed by atoms with E-state index in [4.69, 9.17) is 23.2 Å². The first kappa shape index (κ1) is 14.5. The van der Waals surface area contributed by atoms with E-state index in [2.05, 4.69) is 4.98 Å². The first-order valence-corrected chi connectivity index (χ1v) is 8.62. The van der Waals surface area contributed by atoms with Crippen molar-refractivity contribution in [1.29, 1.82) is 0 Å². The Morgan fingerprint density at radius 2 is 1.85 bits per heavy atom. The number of aliphatic hydroxyl groups excluding tert-OH is 1. The van der Waals surface area contributed by atoms with E-state index < -0.39 is 16.1 Å². The van der Waals surface area contributed by atoms with E-state index in [9.17, 15) is 13.5 Å². The van der Waals surface area contributed by atoms with Crippen molar-refractivity contribution in [3.05, 3.63) is 22.4 Å². The standard InChI is InChI=1S/C12H14Cl2N2O3S/c13-11-5-10(6-15-12(11)14)20(18,19)16-7-1-2-8(16)4-9(17)3-7/h5-9,17H,1-4H2. The summed E-state index contributed by atoms with van der Waals surface area (Å²) in [6, 6.07) is 1.06. The summed E-state index contributed by atoms with van der Waals surface area (Å²) in [5.74, 6) is 0. The van der Waals surface area contributed by atoms with Crippen LogP contribution >= 0.6 is 23.2 Å². The highest BCUT2D eigenvalue weighted by atomic mass is 35.5. The van der Waals surface area contributed by atoms with Gasteiger partial charge in [-0.1, -0.05) is 23.2 Å². The zero-order valence-corrected chi connectivity index (χ0v) is 12.9. The van der Waals surface area contributed by atoms with Crippen LogP contribution in [0.4, 0.5) is 0 Å². The van der Waals surface area contributed by atoms with E-state index >= 15 is 0 Å². The summed E-state index contributed by atoms with van der Waals surface area (Å²) in [6.07, 6.45) is 3.37. The highest BCUT2D eigenvalue weighted by Gasteiger charge is 2.47. The summed E-state index contributed by atoms with van der Waals surface area (Å²) >= 11 is 11.6. The lowest BCUT2D eigenvalue weighted by molar-refractivity contribution is 0.0768. The molecule has 1 aromatic rings. The number of aliphatic hydroxyl groups is 1. The van der Waals surface area contributed by atoms with Crippen molar-refractivity contribution >= 4 is 33.2 Å². The van der Waals surface area contributed by atoms with Crippen LogP contribution in [-0.2, 0) is 10.0 Å². The molecule has 0 saturated carbocycles. The SMILES string of the molecule is O=S(=O)(c1cnc(Cl)c(Cl)c1)N1C2CCC1CC(O)C2. The lowest BCUT2D eigenvalue weighted by atomic mass is 10.0. The predicted molar refractivity (Wildman–Crippen MR) is 75.3 cm³/mol. The van der Waals surface area contributed by atoms with Crippen molar-refractivity contribution in [2.75, 3.05) is 0 Å². The van der Waals surface area contributed by atoms with Gasteiger partial charge in [-0.25, -0.2) is 13.4 Å². The summed E-state index contributed by atoms with van der Waals surface area (Å²) in [5.41, 5.74) is 0.